The second-order valence-electron chi connectivity index (χ2n) is 7.73. The van der Waals surface area contributed by atoms with E-state index < -0.39 is 0 Å². The Labute approximate surface area is 163 Å². The van der Waals surface area contributed by atoms with E-state index in [4.69, 9.17) is 4.98 Å². The minimum Gasteiger partial charge on any atom is -0.338 e. The van der Waals surface area contributed by atoms with E-state index in [9.17, 15) is 4.79 Å². The summed E-state index contributed by atoms with van der Waals surface area (Å²) in [6, 6.07) is 8.49. The third-order valence-electron chi connectivity index (χ3n) is 6.17. The van der Waals surface area contributed by atoms with Gasteiger partial charge in [0.15, 0.2) is 5.82 Å². The van der Waals surface area contributed by atoms with Crippen LogP contribution in [0, 0.1) is 5.92 Å². The van der Waals surface area contributed by atoms with Crippen molar-refractivity contribution in [3.8, 4) is 11.5 Å². The molecule has 1 aliphatic heterocycles. The largest absolute Gasteiger partial charge is 0.338 e. The average molecular weight is 381 g/mol. The minimum absolute atomic E-state index is 0.228. The van der Waals surface area contributed by atoms with Crippen molar-refractivity contribution in [2.45, 2.75) is 51.1 Å². The molecule has 0 unspecified atom stereocenters. The Morgan fingerprint density at radius 1 is 1.15 bits per heavy atom. The van der Waals surface area contributed by atoms with Gasteiger partial charge >= 0.3 is 0 Å². The van der Waals surface area contributed by atoms with Crippen molar-refractivity contribution in [2.24, 2.45) is 5.92 Å². The van der Waals surface area contributed by atoms with E-state index in [-0.39, 0.29) is 5.91 Å². The van der Waals surface area contributed by atoms with Crippen molar-refractivity contribution in [1.82, 2.24) is 19.4 Å². The number of para-hydroxylation sites is 2. The van der Waals surface area contributed by atoms with Gasteiger partial charge in [0.05, 0.1) is 16.5 Å². The molecule has 2 aromatic heterocycles. The number of benzene rings is 1. The Kier molecular flexibility index (Phi) is 4.44. The Hall–Kier alpha value is -2.21. The molecule has 5 nitrogen and oxygen atoms in total. The lowest BCUT2D eigenvalue weighted by atomic mass is 9.78. The van der Waals surface area contributed by atoms with Gasteiger partial charge in [-0.1, -0.05) is 25.0 Å². The summed E-state index contributed by atoms with van der Waals surface area (Å²) >= 11 is 1.56. The van der Waals surface area contributed by atoms with Crippen LogP contribution >= 0.6 is 11.3 Å². The van der Waals surface area contributed by atoms with Gasteiger partial charge in [-0.05, 0) is 43.7 Å². The van der Waals surface area contributed by atoms with Crippen molar-refractivity contribution in [3.05, 3.63) is 35.2 Å². The monoisotopic (exact) mass is 380 g/mol. The molecule has 27 heavy (non-hydrogen) atoms. The van der Waals surface area contributed by atoms with Gasteiger partial charge < -0.3 is 9.47 Å². The van der Waals surface area contributed by atoms with Crippen LogP contribution in [0.4, 0.5) is 0 Å². The Balaban J connectivity index is 1.49. The highest BCUT2D eigenvalue weighted by Gasteiger charge is 2.35. The Morgan fingerprint density at radius 3 is 2.89 bits per heavy atom. The molecule has 0 N–H and O–H groups in total. The van der Waals surface area contributed by atoms with Gasteiger partial charge in [0.25, 0.3) is 0 Å². The lowest BCUT2D eigenvalue weighted by Crippen LogP contribution is -2.50. The summed E-state index contributed by atoms with van der Waals surface area (Å²) in [5.74, 6) is 1.73. The molecule has 2 fully saturated rings. The molecule has 0 spiro atoms. The quantitative estimate of drug-likeness (QED) is 0.679. The highest BCUT2D eigenvalue weighted by Crippen LogP contribution is 2.35. The maximum atomic E-state index is 13.3. The van der Waals surface area contributed by atoms with Crippen LogP contribution in [0.25, 0.3) is 22.6 Å². The number of carbonyl (C=O) groups excluding carboxylic acids is 1. The van der Waals surface area contributed by atoms with Crippen LogP contribution < -0.4 is 0 Å². The van der Waals surface area contributed by atoms with Crippen LogP contribution in [0.1, 0.15) is 38.5 Å². The summed E-state index contributed by atoms with van der Waals surface area (Å²) in [4.78, 5) is 24.7. The van der Waals surface area contributed by atoms with Crippen LogP contribution in [0.3, 0.4) is 0 Å². The molecule has 2 atom stereocenters. The molecule has 1 amide bonds. The molecule has 3 heterocycles. The van der Waals surface area contributed by atoms with Crippen LogP contribution in [0.5, 0.6) is 0 Å². The summed E-state index contributed by atoms with van der Waals surface area (Å²) < 4.78 is 2.05. The van der Waals surface area contributed by atoms with Crippen molar-refractivity contribution >= 4 is 28.3 Å². The maximum absolute atomic E-state index is 13.3. The van der Waals surface area contributed by atoms with E-state index in [1.54, 1.807) is 11.3 Å². The number of aromatic nitrogens is 3. The molecule has 3 aromatic rings. The predicted molar refractivity (Wildman–Crippen MR) is 108 cm³/mol. The first-order valence-corrected chi connectivity index (χ1v) is 10.9. The lowest BCUT2D eigenvalue weighted by molar-refractivity contribution is -0.138. The second kappa shape index (κ2) is 7.08. The molecule has 1 aromatic carbocycles. The number of carbonyl (C=O) groups is 1. The fourth-order valence-electron chi connectivity index (χ4n) is 4.91. The first kappa shape index (κ1) is 16.9. The first-order valence-electron chi connectivity index (χ1n) is 9.94. The molecule has 6 heteroatoms. The topological polar surface area (TPSA) is 51.0 Å². The van der Waals surface area contributed by atoms with Crippen molar-refractivity contribution in [2.75, 3.05) is 6.54 Å². The van der Waals surface area contributed by atoms with E-state index in [2.05, 4.69) is 14.5 Å². The van der Waals surface area contributed by atoms with E-state index in [1.807, 2.05) is 35.2 Å². The number of amides is 1. The zero-order valence-electron chi connectivity index (χ0n) is 15.4. The molecular formula is C21H24N4OS. The summed E-state index contributed by atoms with van der Waals surface area (Å²) in [6.07, 6.45) is 7.45. The number of rotatable bonds is 3. The van der Waals surface area contributed by atoms with Crippen LogP contribution in [-0.2, 0) is 11.3 Å². The third-order valence-corrected chi connectivity index (χ3v) is 6.76. The van der Waals surface area contributed by atoms with Crippen LogP contribution in [0.2, 0.25) is 0 Å². The summed E-state index contributed by atoms with van der Waals surface area (Å²) in [5.41, 5.74) is 4.59. The fraction of sp³-hybridized carbons (Fsp3) is 0.476. The molecule has 5 rings (SSSR count). The molecular weight excluding hydrogens is 356 g/mol. The minimum atomic E-state index is 0.228. The average Bonchev–Trinajstić information content (AvgIpc) is 3.36. The van der Waals surface area contributed by atoms with Gasteiger partial charge in [-0.15, -0.1) is 11.3 Å². The van der Waals surface area contributed by atoms with Gasteiger partial charge in [-0.25, -0.2) is 9.97 Å². The van der Waals surface area contributed by atoms with Crippen molar-refractivity contribution in [3.63, 3.8) is 0 Å². The normalized spacial score (nSPS) is 22.7. The van der Waals surface area contributed by atoms with Gasteiger partial charge in [-0.2, -0.15) is 0 Å². The number of hydrogen-bond acceptors (Lipinski definition) is 4. The van der Waals surface area contributed by atoms with Crippen molar-refractivity contribution < 1.29 is 4.79 Å². The van der Waals surface area contributed by atoms with Gasteiger partial charge in [0, 0.05) is 18.0 Å². The number of thiazole rings is 1. The molecule has 1 saturated heterocycles. The summed E-state index contributed by atoms with van der Waals surface area (Å²) in [6.45, 7) is 1.25. The standard InChI is InChI=1S/C21H24N4OS/c26-20(24-11-5-7-15-6-1-3-9-18(15)24)12-25-19-10-4-2-8-16(19)23-21(25)17-13-27-14-22-17/h2,4,8,10,13-15,18H,1,3,5-7,9,11-12H2/t15-,18-/m0/s1. The van der Waals surface area contributed by atoms with Gasteiger partial charge in [-0.3, -0.25) is 4.79 Å². The molecule has 1 saturated carbocycles. The summed E-state index contributed by atoms with van der Waals surface area (Å²) in [7, 11) is 0. The molecule has 0 bridgehead atoms. The SMILES string of the molecule is O=C(Cn1c(-c2cscn2)nc2ccccc21)N1CCC[C@@H]2CCCC[C@@H]21. The lowest BCUT2D eigenvalue weighted by Gasteiger charge is -2.44. The second-order valence-corrected chi connectivity index (χ2v) is 8.44. The molecule has 0 radical (unpaired) electrons. The number of fused-ring (bicyclic) bond motifs is 2. The predicted octanol–water partition coefficient (Wildman–Crippen LogP) is 4.34. The van der Waals surface area contributed by atoms with E-state index in [1.165, 1.54) is 32.1 Å². The van der Waals surface area contributed by atoms with E-state index >= 15 is 0 Å². The Morgan fingerprint density at radius 2 is 2.00 bits per heavy atom. The van der Waals surface area contributed by atoms with Gasteiger partial charge in [0.2, 0.25) is 5.91 Å². The van der Waals surface area contributed by atoms with Crippen LogP contribution in [-0.4, -0.2) is 37.9 Å². The van der Waals surface area contributed by atoms with Crippen LogP contribution in [0.15, 0.2) is 35.2 Å². The van der Waals surface area contributed by atoms with E-state index in [0.29, 0.717) is 18.5 Å². The summed E-state index contributed by atoms with van der Waals surface area (Å²) in [5, 5.41) is 2.00. The number of hydrogen-bond donors (Lipinski definition) is 0. The van der Waals surface area contributed by atoms with Crippen molar-refractivity contribution in [1.29, 1.82) is 0 Å². The molecule has 1 aliphatic carbocycles. The van der Waals surface area contributed by atoms with Gasteiger partial charge in [0.1, 0.15) is 12.2 Å². The highest BCUT2D eigenvalue weighted by atomic mass is 32.1. The zero-order valence-corrected chi connectivity index (χ0v) is 16.2. The molecule has 2 aliphatic rings. The molecule has 140 valence electrons. The Bertz CT molecular complexity index is 946. The first-order chi connectivity index (χ1) is 13.3. The fourth-order valence-corrected chi connectivity index (χ4v) is 5.45. The smallest absolute Gasteiger partial charge is 0.242 e. The number of nitrogens with zero attached hydrogens (tertiary/aromatic N) is 4. The van der Waals surface area contributed by atoms with E-state index in [0.717, 1.165) is 35.5 Å². The zero-order chi connectivity index (χ0) is 18.2. The number of likely N-dealkylation sites (tertiary alicyclic amines) is 1. The number of piperidine rings is 1. The number of imidazole rings is 1. The highest BCUT2D eigenvalue weighted by molar-refractivity contribution is 7.07. The maximum Gasteiger partial charge on any atom is 0.242 e. The third kappa shape index (κ3) is 3.06.